The van der Waals surface area contributed by atoms with Crippen LogP contribution in [0.5, 0.6) is 0 Å². The Labute approximate surface area is 403 Å². The molecule has 14 aromatic rings. The average molecular weight is 895 g/mol. The van der Waals surface area contributed by atoms with Crippen LogP contribution in [0.1, 0.15) is 0 Å². The van der Waals surface area contributed by atoms with Gasteiger partial charge in [0.15, 0.2) is 0 Å². The molecule has 0 saturated carbocycles. The Kier molecular flexibility index (Phi) is 9.11. The molecule has 0 atom stereocenters. The molecule has 0 spiro atoms. The molecule has 0 bridgehead atoms. The summed E-state index contributed by atoms with van der Waals surface area (Å²) < 4.78 is 7.59. The lowest BCUT2D eigenvalue weighted by molar-refractivity contribution is 1.18. The van der Waals surface area contributed by atoms with Gasteiger partial charge in [-0.25, -0.2) is 0 Å². The van der Waals surface area contributed by atoms with E-state index in [4.69, 9.17) is 0 Å². The Morgan fingerprint density at radius 1 is 0.232 bits per heavy atom. The number of hydrogen-bond donors (Lipinski definition) is 0. The van der Waals surface area contributed by atoms with Crippen molar-refractivity contribution in [1.82, 2.24) is 9.13 Å². The van der Waals surface area contributed by atoms with E-state index in [1.807, 2.05) is 11.3 Å². The Bertz CT molecular complexity index is 4260. The highest BCUT2D eigenvalue weighted by atomic mass is 32.1. The second-order valence-corrected chi connectivity index (χ2v) is 19.1. The van der Waals surface area contributed by atoms with Crippen LogP contribution in [0.15, 0.2) is 255 Å². The lowest BCUT2D eigenvalue weighted by atomic mass is 9.95. The standard InChI is InChI=1S/C66H42N2S/c1-5-18-43(19-6-1)46-32-34-47(35-33-46)49-26-17-27-52(36-49)67-60-30-15-13-28-53(60)56-42-63-57(41-62(56)67)54-29-14-16-31-61(54)68(63)64-40-51(45-22-9-3-10-23-45)39-59-58-38-50(44-20-7-2-8-21-44)37-55(65(58)69-66(59)64)48-24-11-4-12-25-48/h1-42H. The molecular formula is C66H42N2S. The van der Waals surface area contributed by atoms with Gasteiger partial charge in [0.2, 0.25) is 0 Å². The normalized spacial score (nSPS) is 11.8. The maximum Gasteiger partial charge on any atom is 0.0647 e. The second-order valence-electron chi connectivity index (χ2n) is 18.1. The van der Waals surface area contributed by atoms with Crippen LogP contribution in [0.2, 0.25) is 0 Å². The lowest BCUT2D eigenvalue weighted by Gasteiger charge is -2.13. The van der Waals surface area contributed by atoms with E-state index in [0.29, 0.717) is 0 Å². The van der Waals surface area contributed by atoms with Crippen molar-refractivity contribution in [3.8, 4) is 67.0 Å². The summed E-state index contributed by atoms with van der Waals surface area (Å²) in [5, 5.41) is 7.45. The highest BCUT2D eigenvalue weighted by Gasteiger charge is 2.23. The number of nitrogens with zero attached hydrogens (tertiary/aromatic N) is 2. The highest BCUT2D eigenvalue weighted by Crippen LogP contribution is 2.48. The average Bonchev–Trinajstić information content (AvgIpc) is 4.08. The number of benzene rings is 11. The fourth-order valence-corrected chi connectivity index (χ4v) is 12.1. The van der Waals surface area contributed by atoms with Crippen LogP contribution in [0.25, 0.3) is 131 Å². The minimum atomic E-state index is 1.14. The molecule has 322 valence electrons. The van der Waals surface area contributed by atoms with Gasteiger partial charge >= 0.3 is 0 Å². The summed E-state index contributed by atoms with van der Waals surface area (Å²) in [4.78, 5) is 0. The van der Waals surface area contributed by atoms with Crippen molar-refractivity contribution in [3.05, 3.63) is 255 Å². The lowest BCUT2D eigenvalue weighted by Crippen LogP contribution is -1.96. The smallest absolute Gasteiger partial charge is 0.0647 e. The maximum absolute atomic E-state index is 2.56. The van der Waals surface area contributed by atoms with Gasteiger partial charge < -0.3 is 9.13 Å². The Balaban J connectivity index is 1.03. The molecule has 14 rings (SSSR count). The van der Waals surface area contributed by atoms with Crippen molar-refractivity contribution < 1.29 is 0 Å². The maximum atomic E-state index is 2.56. The third-order valence-electron chi connectivity index (χ3n) is 14.1. The summed E-state index contributed by atoms with van der Waals surface area (Å²) in [6.45, 7) is 0. The summed E-state index contributed by atoms with van der Waals surface area (Å²) >= 11 is 1.91. The first-order valence-corrected chi connectivity index (χ1v) is 24.5. The van der Waals surface area contributed by atoms with Gasteiger partial charge in [0, 0.05) is 48.3 Å². The summed E-state index contributed by atoms with van der Waals surface area (Å²) in [6, 6.07) is 93.7. The van der Waals surface area contributed by atoms with Crippen LogP contribution in [-0.4, -0.2) is 9.13 Å². The molecule has 0 unspecified atom stereocenters. The molecular weight excluding hydrogens is 853 g/mol. The van der Waals surface area contributed by atoms with Crippen molar-refractivity contribution in [2.24, 2.45) is 0 Å². The zero-order chi connectivity index (χ0) is 45.4. The third kappa shape index (κ3) is 6.47. The van der Waals surface area contributed by atoms with E-state index in [1.54, 1.807) is 0 Å². The van der Waals surface area contributed by atoms with Crippen LogP contribution in [0.3, 0.4) is 0 Å². The SMILES string of the molecule is c1ccc(-c2ccc(-c3cccc(-n4c5ccccc5c5cc6c(cc54)c4ccccc4n6-c4cc(-c5ccccc5)cc5c4sc4c(-c6ccccc6)cc(-c6ccccc6)cc45)c3)cc2)cc1. The van der Waals surface area contributed by atoms with E-state index in [2.05, 4.69) is 264 Å². The summed E-state index contributed by atoms with van der Waals surface area (Å²) in [5.41, 5.74) is 19.2. The number of thiophene rings is 1. The Morgan fingerprint density at radius 3 is 1.26 bits per heavy atom. The summed E-state index contributed by atoms with van der Waals surface area (Å²) in [6.07, 6.45) is 0. The van der Waals surface area contributed by atoms with Gasteiger partial charge in [0.1, 0.15) is 0 Å². The van der Waals surface area contributed by atoms with Gasteiger partial charge in [-0.05, 0) is 111 Å². The van der Waals surface area contributed by atoms with Gasteiger partial charge in [0.25, 0.3) is 0 Å². The summed E-state index contributed by atoms with van der Waals surface area (Å²) in [7, 11) is 0. The van der Waals surface area contributed by atoms with Crippen LogP contribution >= 0.6 is 11.3 Å². The monoisotopic (exact) mass is 894 g/mol. The highest BCUT2D eigenvalue weighted by molar-refractivity contribution is 7.26. The predicted octanol–water partition coefficient (Wildman–Crippen LogP) is 18.6. The van der Waals surface area contributed by atoms with E-state index in [9.17, 15) is 0 Å². The second kappa shape index (κ2) is 16.0. The molecule has 0 radical (unpaired) electrons. The molecule has 3 heterocycles. The van der Waals surface area contributed by atoms with Gasteiger partial charge in [-0.1, -0.05) is 194 Å². The van der Waals surface area contributed by atoms with Crippen LogP contribution in [-0.2, 0) is 0 Å². The zero-order valence-electron chi connectivity index (χ0n) is 37.6. The molecule has 0 N–H and O–H groups in total. The fraction of sp³-hybridized carbons (Fsp3) is 0. The number of para-hydroxylation sites is 2. The van der Waals surface area contributed by atoms with Crippen molar-refractivity contribution in [1.29, 1.82) is 0 Å². The van der Waals surface area contributed by atoms with Gasteiger partial charge in [-0.15, -0.1) is 11.3 Å². The van der Waals surface area contributed by atoms with Gasteiger partial charge in [-0.3, -0.25) is 0 Å². The summed E-state index contributed by atoms with van der Waals surface area (Å²) in [5.74, 6) is 0. The fourth-order valence-electron chi connectivity index (χ4n) is 10.8. The minimum absolute atomic E-state index is 1.14. The molecule has 0 aliphatic rings. The Morgan fingerprint density at radius 2 is 0.667 bits per heavy atom. The van der Waals surface area contributed by atoms with E-state index in [0.717, 1.165) is 5.69 Å². The molecule has 0 fully saturated rings. The van der Waals surface area contributed by atoms with E-state index in [-0.39, 0.29) is 0 Å². The van der Waals surface area contributed by atoms with E-state index in [1.165, 1.54) is 125 Å². The molecule has 0 amide bonds. The molecule has 0 aliphatic heterocycles. The first-order valence-electron chi connectivity index (χ1n) is 23.7. The molecule has 11 aromatic carbocycles. The molecule has 0 saturated heterocycles. The predicted molar refractivity (Wildman–Crippen MR) is 295 cm³/mol. The van der Waals surface area contributed by atoms with Crippen molar-refractivity contribution in [2.75, 3.05) is 0 Å². The van der Waals surface area contributed by atoms with E-state index < -0.39 is 0 Å². The molecule has 2 nitrogen and oxygen atoms in total. The number of fused-ring (bicyclic) bond motifs is 9. The third-order valence-corrected chi connectivity index (χ3v) is 15.4. The molecule has 0 aliphatic carbocycles. The zero-order valence-corrected chi connectivity index (χ0v) is 38.4. The van der Waals surface area contributed by atoms with Crippen molar-refractivity contribution in [2.45, 2.75) is 0 Å². The number of hydrogen-bond acceptors (Lipinski definition) is 1. The van der Waals surface area contributed by atoms with Crippen molar-refractivity contribution >= 4 is 75.1 Å². The Hall–Kier alpha value is -8.76. The topological polar surface area (TPSA) is 9.86 Å². The van der Waals surface area contributed by atoms with Crippen LogP contribution in [0.4, 0.5) is 0 Å². The minimum Gasteiger partial charge on any atom is -0.309 e. The molecule has 3 heteroatoms. The van der Waals surface area contributed by atoms with Crippen LogP contribution in [0, 0.1) is 0 Å². The first-order chi connectivity index (χ1) is 34.2. The first kappa shape index (κ1) is 39.4. The number of aromatic nitrogens is 2. The van der Waals surface area contributed by atoms with Gasteiger partial charge in [0.05, 0.1) is 32.5 Å². The molecule has 69 heavy (non-hydrogen) atoms. The van der Waals surface area contributed by atoms with E-state index >= 15 is 0 Å². The quantitative estimate of drug-likeness (QED) is 0.151. The largest absolute Gasteiger partial charge is 0.309 e. The van der Waals surface area contributed by atoms with Gasteiger partial charge in [-0.2, -0.15) is 0 Å². The van der Waals surface area contributed by atoms with Crippen LogP contribution < -0.4 is 0 Å². The molecule has 3 aromatic heterocycles. The number of rotatable bonds is 7. The van der Waals surface area contributed by atoms with Crippen molar-refractivity contribution in [3.63, 3.8) is 0 Å².